The van der Waals surface area contributed by atoms with Gasteiger partial charge in [0.1, 0.15) is 0 Å². The van der Waals surface area contributed by atoms with E-state index < -0.39 is 0 Å². The molecule has 0 saturated carbocycles. The Morgan fingerprint density at radius 2 is 1.30 bits per heavy atom. The molecule has 2 aromatic carbocycles. The SMILES string of the molecule is C#Cc1ccc(C#Cc2ccc(CCCC)cc2)cc1. The number of unbranched alkanes of at least 4 members (excludes halogenated alkanes) is 1. The van der Waals surface area contributed by atoms with Crippen molar-refractivity contribution in [1.29, 1.82) is 0 Å². The van der Waals surface area contributed by atoms with E-state index in [2.05, 4.69) is 49.0 Å². The summed E-state index contributed by atoms with van der Waals surface area (Å²) >= 11 is 0. The van der Waals surface area contributed by atoms with Gasteiger partial charge in [-0.1, -0.05) is 43.2 Å². The Balaban J connectivity index is 2.06. The van der Waals surface area contributed by atoms with Crippen LogP contribution in [-0.4, -0.2) is 0 Å². The predicted molar refractivity (Wildman–Crippen MR) is 85.4 cm³/mol. The van der Waals surface area contributed by atoms with Crippen LogP contribution in [0.2, 0.25) is 0 Å². The molecule has 0 aromatic heterocycles. The van der Waals surface area contributed by atoms with Gasteiger partial charge in [-0.15, -0.1) is 6.42 Å². The summed E-state index contributed by atoms with van der Waals surface area (Å²) in [5.41, 5.74) is 4.30. The van der Waals surface area contributed by atoms with Crippen LogP contribution in [0.15, 0.2) is 48.5 Å². The molecule has 20 heavy (non-hydrogen) atoms. The molecule has 0 nitrogen and oxygen atoms in total. The first-order valence-corrected chi connectivity index (χ1v) is 6.99. The van der Waals surface area contributed by atoms with Gasteiger partial charge in [0, 0.05) is 16.7 Å². The average molecular weight is 258 g/mol. The zero-order valence-electron chi connectivity index (χ0n) is 11.8. The monoisotopic (exact) mass is 258 g/mol. The van der Waals surface area contributed by atoms with E-state index in [1.165, 1.54) is 18.4 Å². The molecule has 2 aromatic rings. The summed E-state index contributed by atoms with van der Waals surface area (Å²) in [5, 5.41) is 0. The number of aryl methyl sites for hydroxylation is 1. The molecule has 0 aliphatic rings. The second kappa shape index (κ2) is 7.22. The summed E-state index contributed by atoms with van der Waals surface area (Å²) in [4.78, 5) is 0. The Hall–Kier alpha value is -2.44. The van der Waals surface area contributed by atoms with Gasteiger partial charge in [0.25, 0.3) is 0 Å². The van der Waals surface area contributed by atoms with Gasteiger partial charge in [0.2, 0.25) is 0 Å². The van der Waals surface area contributed by atoms with Crippen LogP contribution in [0, 0.1) is 24.2 Å². The van der Waals surface area contributed by atoms with E-state index >= 15 is 0 Å². The van der Waals surface area contributed by atoms with Gasteiger partial charge in [-0.3, -0.25) is 0 Å². The maximum Gasteiger partial charge on any atom is 0.0249 e. The van der Waals surface area contributed by atoms with Gasteiger partial charge >= 0.3 is 0 Å². The fourth-order valence-electron chi connectivity index (χ4n) is 1.93. The fourth-order valence-corrected chi connectivity index (χ4v) is 1.93. The Morgan fingerprint density at radius 3 is 1.80 bits per heavy atom. The van der Waals surface area contributed by atoms with Crippen molar-refractivity contribution in [1.82, 2.24) is 0 Å². The van der Waals surface area contributed by atoms with Gasteiger partial charge < -0.3 is 0 Å². The lowest BCUT2D eigenvalue weighted by molar-refractivity contribution is 0.795. The molecule has 0 N–H and O–H groups in total. The van der Waals surface area contributed by atoms with Gasteiger partial charge in [-0.05, 0) is 54.8 Å². The van der Waals surface area contributed by atoms with Crippen molar-refractivity contribution < 1.29 is 0 Å². The highest BCUT2D eigenvalue weighted by Gasteiger charge is 1.93. The number of rotatable bonds is 3. The Bertz CT molecular complexity index is 640. The van der Waals surface area contributed by atoms with E-state index in [9.17, 15) is 0 Å². The molecule has 98 valence electrons. The summed E-state index contributed by atoms with van der Waals surface area (Å²) in [7, 11) is 0. The summed E-state index contributed by atoms with van der Waals surface area (Å²) in [6.07, 6.45) is 8.95. The first kappa shape index (κ1) is 14.0. The number of benzene rings is 2. The van der Waals surface area contributed by atoms with Crippen LogP contribution in [0.25, 0.3) is 0 Å². The highest BCUT2D eigenvalue weighted by Crippen LogP contribution is 2.08. The van der Waals surface area contributed by atoms with Crippen LogP contribution < -0.4 is 0 Å². The molecule has 0 unspecified atom stereocenters. The smallest absolute Gasteiger partial charge is 0.0249 e. The summed E-state index contributed by atoms with van der Waals surface area (Å²) in [6, 6.07) is 16.3. The lowest BCUT2D eigenvalue weighted by atomic mass is 10.1. The van der Waals surface area contributed by atoms with Crippen LogP contribution in [0.3, 0.4) is 0 Å². The molecule has 0 heteroatoms. The molecule has 0 fully saturated rings. The maximum atomic E-state index is 5.33. The number of hydrogen-bond donors (Lipinski definition) is 0. The van der Waals surface area contributed by atoms with Crippen LogP contribution in [0.1, 0.15) is 42.0 Å². The molecule has 0 heterocycles. The van der Waals surface area contributed by atoms with Crippen molar-refractivity contribution in [3.63, 3.8) is 0 Å². The third-order valence-electron chi connectivity index (χ3n) is 3.18. The van der Waals surface area contributed by atoms with Crippen LogP contribution >= 0.6 is 0 Å². The number of terminal acetylenes is 1. The van der Waals surface area contributed by atoms with Gasteiger partial charge in [0.15, 0.2) is 0 Å². The first-order chi connectivity index (χ1) is 9.81. The van der Waals surface area contributed by atoms with Gasteiger partial charge in [-0.2, -0.15) is 0 Å². The average Bonchev–Trinajstić information content (AvgIpc) is 2.52. The molecule has 0 spiro atoms. The first-order valence-electron chi connectivity index (χ1n) is 6.99. The van der Waals surface area contributed by atoms with Crippen molar-refractivity contribution in [2.75, 3.05) is 0 Å². The molecule has 0 saturated heterocycles. The summed E-state index contributed by atoms with van der Waals surface area (Å²) in [5.74, 6) is 8.94. The Kier molecular flexibility index (Phi) is 5.05. The topological polar surface area (TPSA) is 0 Å². The summed E-state index contributed by atoms with van der Waals surface area (Å²) in [6.45, 7) is 2.21. The molecule has 0 aliphatic carbocycles. The molecule has 0 amide bonds. The Morgan fingerprint density at radius 1 is 0.800 bits per heavy atom. The van der Waals surface area contributed by atoms with E-state index in [0.29, 0.717) is 0 Å². The highest BCUT2D eigenvalue weighted by molar-refractivity contribution is 5.45. The minimum absolute atomic E-state index is 0.885. The third-order valence-corrected chi connectivity index (χ3v) is 3.18. The molecule has 0 radical (unpaired) electrons. The fraction of sp³-hybridized carbons (Fsp3) is 0.200. The van der Waals surface area contributed by atoms with Crippen molar-refractivity contribution >= 4 is 0 Å². The van der Waals surface area contributed by atoms with Gasteiger partial charge in [0.05, 0.1) is 0 Å². The maximum absolute atomic E-state index is 5.33. The van der Waals surface area contributed by atoms with Crippen molar-refractivity contribution in [2.45, 2.75) is 26.2 Å². The van der Waals surface area contributed by atoms with Crippen LogP contribution in [0.4, 0.5) is 0 Å². The number of hydrogen-bond acceptors (Lipinski definition) is 0. The lowest BCUT2D eigenvalue weighted by Crippen LogP contribution is -1.84. The highest BCUT2D eigenvalue weighted by atomic mass is 14.0. The third kappa shape index (κ3) is 4.04. The second-order valence-corrected chi connectivity index (χ2v) is 4.77. The van der Waals surface area contributed by atoms with Crippen LogP contribution in [0.5, 0.6) is 0 Å². The zero-order valence-corrected chi connectivity index (χ0v) is 11.8. The largest absolute Gasteiger partial charge is 0.115 e. The molecular weight excluding hydrogens is 240 g/mol. The van der Waals surface area contributed by atoms with Crippen molar-refractivity contribution in [3.05, 3.63) is 70.8 Å². The van der Waals surface area contributed by atoms with E-state index in [-0.39, 0.29) is 0 Å². The normalized spacial score (nSPS) is 9.40. The second-order valence-electron chi connectivity index (χ2n) is 4.77. The van der Waals surface area contributed by atoms with E-state index in [4.69, 9.17) is 6.42 Å². The van der Waals surface area contributed by atoms with E-state index in [1.807, 2.05) is 24.3 Å². The minimum atomic E-state index is 0.885. The quantitative estimate of drug-likeness (QED) is 0.715. The zero-order chi connectivity index (χ0) is 14.2. The predicted octanol–water partition coefficient (Wildman–Crippen LogP) is 4.41. The molecule has 2 rings (SSSR count). The van der Waals surface area contributed by atoms with Crippen molar-refractivity contribution in [3.8, 4) is 24.2 Å². The Labute approximate surface area is 121 Å². The molecule has 0 bridgehead atoms. The van der Waals surface area contributed by atoms with E-state index in [1.54, 1.807) is 0 Å². The molecular formula is C20H18. The van der Waals surface area contributed by atoms with Gasteiger partial charge in [-0.25, -0.2) is 0 Å². The lowest BCUT2D eigenvalue weighted by Gasteiger charge is -1.99. The van der Waals surface area contributed by atoms with E-state index in [0.717, 1.165) is 23.1 Å². The molecule has 0 aliphatic heterocycles. The minimum Gasteiger partial charge on any atom is -0.115 e. The standard InChI is InChI=1S/C20H18/c1-3-5-6-18-11-13-20(14-12-18)16-15-19-9-7-17(4-2)8-10-19/h2,7-14H,3,5-6H2,1H3. The van der Waals surface area contributed by atoms with Crippen LogP contribution in [-0.2, 0) is 6.42 Å². The van der Waals surface area contributed by atoms with Crippen molar-refractivity contribution in [2.24, 2.45) is 0 Å². The molecule has 0 atom stereocenters. The summed E-state index contributed by atoms with van der Waals surface area (Å²) < 4.78 is 0.